The Hall–Kier alpha value is -1.49. The number of alkyl halides is 2. The van der Waals surface area contributed by atoms with Crippen LogP contribution in [0.4, 0.5) is 0 Å². The topological polar surface area (TPSA) is 34.9 Å². The van der Waals surface area contributed by atoms with Gasteiger partial charge < -0.3 is 0 Å². The molecule has 0 bridgehead atoms. The number of hydrogen-bond donors (Lipinski definition) is 0. The van der Waals surface area contributed by atoms with Gasteiger partial charge in [-0.05, 0) is 31.0 Å². The quantitative estimate of drug-likeness (QED) is 0.329. The number of benzene rings is 2. The minimum absolute atomic E-state index is 0.0201. The Bertz CT molecular complexity index is 1000. The Kier molecular flexibility index (Phi) is 4.76. The van der Waals surface area contributed by atoms with Crippen LogP contribution in [0.25, 0.3) is 10.9 Å². The molecule has 134 valence electrons. The second-order valence-corrected chi connectivity index (χ2v) is 9.18. The number of halogens is 2. The summed E-state index contributed by atoms with van der Waals surface area (Å²) in [6.07, 6.45) is 0.787. The summed E-state index contributed by atoms with van der Waals surface area (Å²) in [5.74, 6) is 0.985. The fourth-order valence-electron chi connectivity index (χ4n) is 3.08. The highest BCUT2D eigenvalue weighted by Crippen LogP contribution is 2.54. The maximum atomic E-state index is 13.2. The van der Waals surface area contributed by atoms with E-state index in [1.807, 2.05) is 61.5 Å². The van der Waals surface area contributed by atoms with E-state index in [4.69, 9.17) is 28.2 Å². The van der Waals surface area contributed by atoms with Gasteiger partial charge in [0.25, 0.3) is 5.56 Å². The third-order valence-corrected chi connectivity index (χ3v) is 6.86. The average molecular weight is 405 g/mol. The fourth-order valence-corrected chi connectivity index (χ4v) is 5.08. The van der Waals surface area contributed by atoms with Gasteiger partial charge in [-0.1, -0.05) is 54.2 Å². The van der Waals surface area contributed by atoms with E-state index >= 15 is 0 Å². The SMILES string of the molecule is C[C@H](c1ccccc1)n1c(SC[C@@H]2CC2(Cl)Cl)nc2ccccc2c1=O. The number of aromatic nitrogens is 2. The normalized spacial score (nSPS) is 19.4. The molecule has 0 amide bonds. The van der Waals surface area contributed by atoms with Crippen LogP contribution in [-0.2, 0) is 0 Å². The van der Waals surface area contributed by atoms with Crippen molar-refractivity contribution in [1.82, 2.24) is 9.55 Å². The molecule has 1 aliphatic rings. The monoisotopic (exact) mass is 404 g/mol. The lowest BCUT2D eigenvalue weighted by atomic mass is 10.1. The summed E-state index contributed by atoms with van der Waals surface area (Å²) in [6.45, 7) is 2.03. The third kappa shape index (κ3) is 3.38. The van der Waals surface area contributed by atoms with Gasteiger partial charge in [-0.2, -0.15) is 0 Å². The Morgan fingerprint density at radius 1 is 1.19 bits per heavy atom. The van der Waals surface area contributed by atoms with Gasteiger partial charge in [-0.25, -0.2) is 4.98 Å². The maximum absolute atomic E-state index is 13.2. The first-order valence-electron chi connectivity index (χ1n) is 8.54. The zero-order valence-corrected chi connectivity index (χ0v) is 16.6. The molecule has 0 radical (unpaired) electrons. The third-order valence-electron chi connectivity index (χ3n) is 4.81. The van der Waals surface area contributed by atoms with Crippen LogP contribution in [0.15, 0.2) is 64.5 Å². The van der Waals surface area contributed by atoms with Gasteiger partial charge >= 0.3 is 0 Å². The van der Waals surface area contributed by atoms with E-state index < -0.39 is 4.33 Å². The van der Waals surface area contributed by atoms with Crippen LogP contribution in [0, 0.1) is 5.92 Å². The maximum Gasteiger partial charge on any atom is 0.262 e. The van der Waals surface area contributed by atoms with Crippen molar-refractivity contribution in [1.29, 1.82) is 0 Å². The summed E-state index contributed by atoms with van der Waals surface area (Å²) < 4.78 is 1.16. The largest absolute Gasteiger partial charge is 0.280 e. The Morgan fingerprint density at radius 2 is 1.85 bits per heavy atom. The second kappa shape index (κ2) is 6.91. The van der Waals surface area contributed by atoms with Crippen molar-refractivity contribution >= 4 is 45.9 Å². The van der Waals surface area contributed by atoms with Gasteiger partial charge in [0.05, 0.1) is 16.9 Å². The van der Waals surface area contributed by atoms with Crippen LogP contribution in [0.2, 0.25) is 0 Å². The van der Waals surface area contributed by atoms with Crippen molar-refractivity contribution in [3.63, 3.8) is 0 Å². The first-order chi connectivity index (χ1) is 12.5. The van der Waals surface area contributed by atoms with E-state index in [9.17, 15) is 4.79 Å². The zero-order valence-electron chi connectivity index (χ0n) is 14.2. The van der Waals surface area contributed by atoms with Crippen molar-refractivity contribution < 1.29 is 0 Å². The lowest BCUT2D eigenvalue weighted by molar-refractivity contribution is 0.548. The first kappa shape index (κ1) is 17.9. The van der Waals surface area contributed by atoms with E-state index in [-0.39, 0.29) is 17.5 Å². The van der Waals surface area contributed by atoms with Crippen molar-refractivity contribution in [3.05, 3.63) is 70.5 Å². The van der Waals surface area contributed by atoms with Crippen molar-refractivity contribution in [3.8, 4) is 0 Å². The summed E-state index contributed by atoms with van der Waals surface area (Å²) in [5.41, 5.74) is 1.77. The Balaban J connectivity index is 1.79. The molecule has 3 aromatic rings. The van der Waals surface area contributed by atoms with Crippen LogP contribution >= 0.6 is 35.0 Å². The molecular formula is C20H18Cl2N2OS. The minimum Gasteiger partial charge on any atom is -0.280 e. The van der Waals surface area contributed by atoms with Crippen molar-refractivity contribution in [2.45, 2.75) is 28.9 Å². The smallest absolute Gasteiger partial charge is 0.262 e. The molecule has 1 fully saturated rings. The van der Waals surface area contributed by atoms with Crippen LogP contribution < -0.4 is 5.56 Å². The highest BCUT2D eigenvalue weighted by Gasteiger charge is 2.51. The number of fused-ring (bicyclic) bond motifs is 1. The van der Waals surface area contributed by atoms with Gasteiger partial charge in [0, 0.05) is 11.7 Å². The molecule has 1 heterocycles. The van der Waals surface area contributed by atoms with E-state index in [0.29, 0.717) is 10.5 Å². The standard InChI is InChI=1S/C20H18Cl2N2OS/c1-13(14-7-3-2-4-8-14)24-18(25)16-9-5-6-10-17(16)23-19(24)26-12-15-11-20(15,21)22/h2-10,13,15H,11-12H2,1H3/t13-,15+/m1/s1. The molecule has 0 aliphatic heterocycles. The second-order valence-electron chi connectivity index (χ2n) is 6.65. The summed E-state index contributed by atoms with van der Waals surface area (Å²) in [6, 6.07) is 17.4. The molecule has 1 aliphatic carbocycles. The first-order valence-corrected chi connectivity index (χ1v) is 10.3. The van der Waals surface area contributed by atoms with Gasteiger partial charge in [-0.3, -0.25) is 9.36 Å². The van der Waals surface area contributed by atoms with Crippen LogP contribution in [0.3, 0.4) is 0 Å². The summed E-state index contributed by atoms with van der Waals surface area (Å²) in [4.78, 5) is 18.0. The number of nitrogens with zero attached hydrogens (tertiary/aromatic N) is 2. The molecule has 3 nitrogen and oxygen atoms in total. The molecule has 0 N–H and O–H groups in total. The van der Waals surface area contributed by atoms with Gasteiger partial charge in [0.15, 0.2) is 5.16 Å². The van der Waals surface area contributed by atoms with Gasteiger partial charge in [0.2, 0.25) is 0 Å². The Morgan fingerprint density at radius 3 is 2.54 bits per heavy atom. The van der Waals surface area contributed by atoms with E-state index in [0.717, 1.165) is 23.3 Å². The fraction of sp³-hybridized carbons (Fsp3) is 0.300. The number of thioether (sulfide) groups is 1. The molecule has 4 rings (SSSR count). The zero-order chi connectivity index (χ0) is 18.3. The Labute approximate surface area is 166 Å². The molecule has 1 saturated carbocycles. The molecule has 6 heteroatoms. The number of rotatable bonds is 5. The molecule has 0 spiro atoms. The highest BCUT2D eigenvalue weighted by atomic mass is 35.5. The highest BCUT2D eigenvalue weighted by molar-refractivity contribution is 7.99. The summed E-state index contributed by atoms with van der Waals surface area (Å²) >= 11 is 13.9. The number of para-hydroxylation sites is 1. The molecule has 26 heavy (non-hydrogen) atoms. The molecule has 1 aromatic heterocycles. The average Bonchev–Trinajstić information content (AvgIpc) is 3.27. The van der Waals surface area contributed by atoms with Crippen molar-refractivity contribution in [2.24, 2.45) is 5.92 Å². The molecule has 2 atom stereocenters. The van der Waals surface area contributed by atoms with Crippen molar-refractivity contribution in [2.75, 3.05) is 5.75 Å². The lowest BCUT2D eigenvalue weighted by Crippen LogP contribution is -2.27. The van der Waals surface area contributed by atoms with E-state index in [1.165, 1.54) is 0 Å². The van der Waals surface area contributed by atoms with Crippen LogP contribution in [0.1, 0.15) is 24.9 Å². The molecule has 2 aromatic carbocycles. The molecular weight excluding hydrogens is 387 g/mol. The molecule has 0 unspecified atom stereocenters. The van der Waals surface area contributed by atoms with E-state index in [2.05, 4.69) is 0 Å². The summed E-state index contributed by atoms with van der Waals surface area (Å²) in [5, 5.41) is 1.34. The van der Waals surface area contributed by atoms with Crippen LogP contribution in [-0.4, -0.2) is 19.6 Å². The van der Waals surface area contributed by atoms with Crippen LogP contribution in [0.5, 0.6) is 0 Å². The number of hydrogen-bond acceptors (Lipinski definition) is 3. The minimum atomic E-state index is -0.625. The van der Waals surface area contributed by atoms with Gasteiger partial charge in [-0.15, -0.1) is 23.2 Å². The molecule has 0 saturated heterocycles. The predicted octanol–water partition coefficient (Wildman–Crippen LogP) is 5.29. The summed E-state index contributed by atoms with van der Waals surface area (Å²) in [7, 11) is 0. The predicted molar refractivity (Wildman–Crippen MR) is 110 cm³/mol. The van der Waals surface area contributed by atoms with Gasteiger partial charge in [0.1, 0.15) is 4.33 Å². The lowest BCUT2D eigenvalue weighted by Gasteiger charge is -2.20. The van der Waals surface area contributed by atoms with E-state index in [1.54, 1.807) is 16.3 Å².